The van der Waals surface area contributed by atoms with Gasteiger partial charge in [-0.25, -0.2) is 0 Å². The molecule has 3 aromatic heterocycles. The van der Waals surface area contributed by atoms with Crippen LogP contribution in [0.2, 0.25) is 0 Å². The molecule has 0 aliphatic rings. The molecular formula is C54H41B7N2S. The van der Waals surface area contributed by atoms with Crippen LogP contribution in [0.1, 0.15) is 0 Å². The Balaban J connectivity index is 1.15. The van der Waals surface area contributed by atoms with Crippen LogP contribution in [0.25, 0.3) is 109 Å². The first-order chi connectivity index (χ1) is 31.2. The van der Waals surface area contributed by atoms with Gasteiger partial charge in [0.25, 0.3) is 0 Å². The Hall–Kier alpha value is -6.75. The van der Waals surface area contributed by atoms with Crippen LogP contribution in [-0.4, -0.2) is 64.1 Å². The van der Waals surface area contributed by atoms with Gasteiger partial charge in [0.05, 0.1) is 21.4 Å². The van der Waals surface area contributed by atoms with E-state index in [1.165, 1.54) is 147 Å². The Bertz CT molecular complexity index is 3930. The van der Waals surface area contributed by atoms with Crippen molar-refractivity contribution in [2.75, 3.05) is 0 Å². The maximum absolute atomic E-state index is 2.58. The van der Waals surface area contributed by atoms with Gasteiger partial charge in [0.15, 0.2) is 0 Å². The summed E-state index contributed by atoms with van der Waals surface area (Å²) >= 11 is 1.89. The lowest BCUT2D eigenvalue weighted by Crippen LogP contribution is -2.48. The number of nitrogens with zero attached hydrogens (tertiary/aromatic N) is 2. The summed E-state index contributed by atoms with van der Waals surface area (Å²) in [5, 5.41) is 7.87. The van der Waals surface area contributed by atoms with E-state index in [2.05, 4.69) is 228 Å². The van der Waals surface area contributed by atoms with Gasteiger partial charge in [-0.2, -0.15) is 0 Å². The molecule has 0 saturated carbocycles. The summed E-state index contributed by atoms with van der Waals surface area (Å²) in [6, 6.07) is 60.7. The van der Waals surface area contributed by atoms with Crippen molar-refractivity contribution in [3.63, 3.8) is 0 Å². The number of thiophene rings is 1. The van der Waals surface area contributed by atoms with Crippen molar-refractivity contribution in [1.29, 1.82) is 0 Å². The van der Waals surface area contributed by atoms with Crippen LogP contribution in [0.15, 0.2) is 164 Å². The Kier molecular flexibility index (Phi) is 8.91. The first-order valence-corrected chi connectivity index (χ1v) is 23.3. The van der Waals surface area contributed by atoms with Gasteiger partial charge in [-0.15, -0.1) is 16.8 Å². The minimum Gasteiger partial charge on any atom is -0.310 e. The van der Waals surface area contributed by atoms with Crippen molar-refractivity contribution >= 4 is 168 Å². The molecule has 9 aromatic carbocycles. The van der Waals surface area contributed by atoms with Crippen LogP contribution in [-0.2, 0) is 0 Å². The molecule has 294 valence electrons. The third-order valence-corrected chi connectivity index (χ3v) is 15.8. The van der Waals surface area contributed by atoms with Crippen LogP contribution >= 0.6 is 11.3 Å². The second-order valence-electron chi connectivity index (χ2n) is 17.9. The topological polar surface area (TPSA) is 9.86 Å². The minimum atomic E-state index is 1.19. The zero-order valence-corrected chi connectivity index (χ0v) is 38.2. The summed E-state index contributed by atoms with van der Waals surface area (Å²) in [6.45, 7) is 0. The van der Waals surface area contributed by atoms with Crippen molar-refractivity contribution in [2.45, 2.75) is 0 Å². The van der Waals surface area contributed by atoms with Gasteiger partial charge in [0, 0.05) is 48.4 Å². The van der Waals surface area contributed by atoms with Gasteiger partial charge in [-0.1, -0.05) is 148 Å². The molecule has 0 unspecified atom stereocenters. The standard InChI is InChI=1S/C54H41B7N2S/c55-45-42(46(56)50(60)52-43(45)44-47(57)48(58)49(59)51(61)53(44)62(52)33-16-9-15-30(25-33)28-11-3-1-4-12-28)32-22-24-39-37(27-32)36-26-31(29-13-5-2-6-14-29)21-23-38(36)63(39)40-19-10-18-35-34-17-7-8-20-41(34)64-54(35)40/h1-27H,55-61H2. The molecule has 12 rings (SSSR count). The van der Waals surface area contributed by atoms with Crippen molar-refractivity contribution in [1.82, 2.24) is 9.13 Å². The number of fused-ring (bicyclic) bond motifs is 9. The molecule has 2 nitrogen and oxygen atoms in total. The molecule has 0 aliphatic carbocycles. The highest BCUT2D eigenvalue weighted by Gasteiger charge is 2.26. The number of hydrogen-bond donors (Lipinski definition) is 0. The fourth-order valence-corrected chi connectivity index (χ4v) is 12.2. The fraction of sp³-hybridized carbons (Fsp3) is 0. The van der Waals surface area contributed by atoms with Gasteiger partial charge < -0.3 is 9.13 Å². The molecule has 10 heteroatoms. The molecule has 0 saturated heterocycles. The summed E-state index contributed by atoms with van der Waals surface area (Å²) < 4.78 is 7.73. The molecule has 0 fully saturated rings. The average Bonchev–Trinajstić information content (AvgIpc) is 4.01. The van der Waals surface area contributed by atoms with E-state index in [1.807, 2.05) is 11.3 Å². The lowest BCUT2D eigenvalue weighted by molar-refractivity contribution is 1.19. The SMILES string of the molecule is Bc1c(B)c(B)c2c(c1B)c1c(B)c(-c3ccc4c(c3)c3cc(-c5ccccc5)ccc3n4-c3cccc4c3sc3ccccc34)c(B)c(B)c1n2-c1cccc(-c2ccccc2)c1. The fourth-order valence-electron chi connectivity index (χ4n) is 11.0. The molecule has 0 atom stereocenters. The van der Waals surface area contributed by atoms with E-state index in [0.717, 1.165) is 0 Å². The Morgan fingerprint density at radius 1 is 0.344 bits per heavy atom. The molecule has 0 N–H and O–H groups in total. The predicted molar refractivity (Wildman–Crippen MR) is 302 cm³/mol. The molecule has 0 radical (unpaired) electrons. The van der Waals surface area contributed by atoms with Crippen molar-refractivity contribution in [3.05, 3.63) is 164 Å². The maximum atomic E-state index is 2.58. The Morgan fingerprint density at radius 3 is 1.58 bits per heavy atom. The predicted octanol–water partition coefficient (Wildman–Crippen LogP) is 3.06. The molecule has 12 aromatic rings. The maximum Gasteiger partial charge on any atom is 0.141 e. The summed E-state index contributed by atoms with van der Waals surface area (Å²) in [5.74, 6) is 0. The van der Waals surface area contributed by atoms with Crippen LogP contribution in [0.4, 0.5) is 0 Å². The van der Waals surface area contributed by atoms with E-state index >= 15 is 0 Å². The molecular weight excluding hydrogens is 784 g/mol. The second-order valence-corrected chi connectivity index (χ2v) is 18.9. The zero-order valence-electron chi connectivity index (χ0n) is 37.4. The van der Waals surface area contributed by atoms with E-state index < -0.39 is 0 Å². The molecule has 64 heavy (non-hydrogen) atoms. The van der Waals surface area contributed by atoms with E-state index in [-0.39, 0.29) is 0 Å². The largest absolute Gasteiger partial charge is 0.310 e. The summed E-state index contributed by atoms with van der Waals surface area (Å²) in [4.78, 5) is 0. The summed E-state index contributed by atoms with van der Waals surface area (Å²) in [5.41, 5.74) is 24.3. The smallest absolute Gasteiger partial charge is 0.141 e. The monoisotopic (exact) mass is 826 g/mol. The van der Waals surface area contributed by atoms with E-state index in [0.29, 0.717) is 0 Å². The van der Waals surface area contributed by atoms with E-state index in [4.69, 9.17) is 0 Å². The Labute approximate surface area is 383 Å². The zero-order chi connectivity index (χ0) is 43.5. The average molecular weight is 826 g/mol. The number of hydrogen-bond acceptors (Lipinski definition) is 1. The van der Waals surface area contributed by atoms with Crippen LogP contribution in [0.3, 0.4) is 0 Å². The van der Waals surface area contributed by atoms with Gasteiger partial charge in [0.1, 0.15) is 54.9 Å². The van der Waals surface area contributed by atoms with Crippen LogP contribution < -0.4 is 38.2 Å². The molecule has 0 spiro atoms. The van der Waals surface area contributed by atoms with Crippen molar-refractivity contribution < 1.29 is 0 Å². The van der Waals surface area contributed by atoms with Crippen molar-refractivity contribution in [2.24, 2.45) is 0 Å². The number of aromatic nitrogens is 2. The quantitative estimate of drug-likeness (QED) is 0.237. The molecule has 0 amide bonds. The highest BCUT2D eigenvalue weighted by molar-refractivity contribution is 7.26. The lowest BCUT2D eigenvalue weighted by atomic mass is 9.64. The van der Waals surface area contributed by atoms with Crippen LogP contribution in [0.5, 0.6) is 0 Å². The first kappa shape index (κ1) is 38.9. The number of benzene rings is 9. The third-order valence-electron chi connectivity index (χ3n) is 14.6. The third kappa shape index (κ3) is 5.61. The second kappa shape index (κ2) is 14.7. The molecule has 0 aliphatic heterocycles. The molecule has 3 heterocycles. The lowest BCUT2D eigenvalue weighted by Gasteiger charge is -2.19. The van der Waals surface area contributed by atoms with Gasteiger partial charge in [-0.3, -0.25) is 0 Å². The van der Waals surface area contributed by atoms with Crippen LogP contribution in [0, 0.1) is 0 Å². The van der Waals surface area contributed by atoms with Crippen molar-refractivity contribution in [3.8, 4) is 44.8 Å². The number of rotatable bonds is 5. The summed E-state index contributed by atoms with van der Waals surface area (Å²) in [6.07, 6.45) is 0. The highest BCUT2D eigenvalue weighted by atomic mass is 32.1. The summed E-state index contributed by atoms with van der Waals surface area (Å²) in [7, 11) is 16.3. The van der Waals surface area contributed by atoms with E-state index in [9.17, 15) is 0 Å². The van der Waals surface area contributed by atoms with Gasteiger partial charge >= 0.3 is 0 Å². The normalized spacial score (nSPS) is 11.9. The molecule has 0 bridgehead atoms. The highest BCUT2D eigenvalue weighted by Crippen LogP contribution is 2.42. The van der Waals surface area contributed by atoms with Gasteiger partial charge in [0.2, 0.25) is 0 Å². The Morgan fingerprint density at radius 2 is 0.875 bits per heavy atom. The first-order valence-electron chi connectivity index (χ1n) is 22.4. The van der Waals surface area contributed by atoms with E-state index in [1.54, 1.807) is 0 Å². The van der Waals surface area contributed by atoms with Gasteiger partial charge in [-0.05, 0) is 87.3 Å². The minimum absolute atomic E-state index is 1.19.